The number of hydrogen-bond donors (Lipinski definition) is 1. The van der Waals surface area contributed by atoms with Crippen molar-refractivity contribution in [3.05, 3.63) is 0 Å². The molecule has 7 heavy (non-hydrogen) atoms. The third-order valence-electron chi connectivity index (χ3n) is 0.205. The maximum atomic E-state index is 10.8. The molecule has 0 saturated carbocycles. The molecule has 42 valence electrons. The standard InChI is InChI=1S/C2H3F2NO2/c3-1(4)7-2(5)6/h1H,(H2,5,6). The van der Waals surface area contributed by atoms with Crippen LogP contribution in [-0.2, 0) is 4.74 Å². The summed E-state index contributed by atoms with van der Waals surface area (Å²) in [6.45, 7) is -3.10. The normalized spacial score (nSPS) is 9.00. The Bertz CT molecular complexity index is 74.1. The maximum absolute atomic E-state index is 10.8. The van der Waals surface area contributed by atoms with Crippen molar-refractivity contribution in [3.63, 3.8) is 0 Å². The summed E-state index contributed by atoms with van der Waals surface area (Å²) in [5, 5.41) is 0. The van der Waals surface area contributed by atoms with E-state index in [1.54, 1.807) is 0 Å². The molecule has 0 spiro atoms. The van der Waals surface area contributed by atoms with Crippen molar-refractivity contribution in [1.29, 1.82) is 0 Å². The Hall–Kier alpha value is -0.870. The second kappa shape index (κ2) is 2.33. The van der Waals surface area contributed by atoms with Crippen molar-refractivity contribution in [1.82, 2.24) is 0 Å². The predicted molar refractivity (Wildman–Crippen MR) is 16.7 cm³/mol. The zero-order valence-electron chi connectivity index (χ0n) is 3.23. The molecule has 0 aliphatic rings. The number of ether oxygens (including phenoxy) is 1. The van der Waals surface area contributed by atoms with Crippen LogP contribution in [0.15, 0.2) is 0 Å². The average Bonchev–Trinajstić information content (AvgIpc) is 1.27. The van der Waals surface area contributed by atoms with Gasteiger partial charge in [0, 0.05) is 0 Å². The van der Waals surface area contributed by atoms with E-state index in [0.717, 1.165) is 0 Å². The summed E-state index contributed by atoms with van der Waals surface area (Å²) in [4.78, 5) is 9.33. The summed E-state index contributed by atoms with van der Waals surface area (Å²) in [6, 6.07) is 0. The predicted octanol–water partition coefficient (Wildman–Crippen LogP) is 0.304. The van der Waals surface area contributed by atoms with Gasteiger partial charge >= 0.3 is 12.7 Å². The molecule has 3 nitrogen and oxygen atoms in total. The molecule has 1 amide bonds. The van der Waals surface area contributed by atoms with Gasteiger partial charge in [-0.1, -0.05) is 0 Å². The first-order chi connectivity index (χ1) is 3.13. The van der Waals surface area contributed by atoms with E-state index in [4.69, 9.17) is 0 Å². The highest BCUT2D eigenvalue weighted by molar-refractivity contribution is 5.64. The minimum atomic E-state index is -3.10. The van der Waals surface area contributed by atoms with Crippen LogP contribution < -0.4 is 5.73 Å². The molecule has 0 unspecified atom stereocenters. The van der Waals surface area contributed by atoms with Gasteiger partial charge in [0.15, 0.2) is 0 Å². The topological polar surface area (TPSA) is 52.3 Å². The van der Waals surface area contributed by atoms with E-state index in [1.165, 1.54) is 0 Å². The van der Waals surface area contributed by atoms with Gasteiger partial charge in [-0.15, -0.1) is 0 Å². The van der Waals surface area contributed by atoms with Gasteiger partial charge in [0.05, 0.1) is 0 Å². The molecular weight excluding hydrogens is 108 g/mol. The van der Waals surface area contributed by atoms with Gasteiger partial charge in [-0.3, -0.25) is 0 Å². The second-order valence-electron chi connectivity index (χ2n) is 0.698. The Morgan fingerprint density at radius 1 is 1.71 bits per heavy atom. The summed E-state index contributed by atoms with van der Waals surface area (Å²) in [5.74, 6) is 0. The second-order valence-corrected chi connectivity index (χ2v) is 0.698. The monoisotopic (exact) mass is 111 g/mol. The largest absolute Gasteiger partial charge is 0.408 e. The molecule has 0 aromatic carbocycles. The van der Waals surface area contributed by atoms with Crippen LogP contribution in [0.5, 0.6) is 0 Å². The van der Waals surface area contributed by atoms with Crippen LogP contribution in [0, 0.1) is 0 Å². The summed E-state index contributed by atoms with van der Waals surface area (Å²) in [5.41, 5.74) is 4.15. The Morgan fingerprint density at radius 3 is 2.14 bits per heavy atom. The average molecular weight is 111 g/mol. The molecule has 5 heteroatoms. The van der Waals surface area contributed by atoms with E-state index in [2.05, 4.69) is 10.5 Å². The van der Waals surface area contributed by atoms with Gasteiger partial charge in [0.1, 0.15) is 0 Å². The van der Waals surface area contributed by atoms with Crippen molar-refractivity contribution in [2.45, 2.75) is 6.61 Å². The van der Waals surface area contributed by atoms with E-state index in [-0.39, 0.29) is 0 Å². The van der Waals surface area contributed by atoms with E-state index in [1.807, 2.05) is 0 Å². The molecule has 0 aliphatic carbocycles. The van der Waals surface area contributed by atoms with E-state index in [0.29, 0.717) is 0 Å². The zero-order chi connectivity index (χ0) is 5.86. The lowest BCUT2D eigenvalue weighted by molar-refractivity contribution is -0.0783. The smallest absolute Gasteiger partial charge is 0.386 e. The summed E-state index contributed by atoms with van der Waals surface area (Å²) < 4.78 is 24.6. The SMILES string of the molecule is NC(=O)OC(F)F. The number of nitrogens with two attached hydrogens (primary N) is 1. The van der Waals surface area contributed by atoms with Crippen LogP contribution in [0.1, 0.15) is 0 Å². The fourth-order valence-corrected chi connectivity index (χ4v) is 0.0878. The molecule has 0 aromatic rings. The highest BCUT2D eigenvalue weighted by atomic mass is 19.3. The minimum Gasteiger partial charge on any atom is -0.386 e. The molecule has 0 rings (SSSR count). The molecule has 0 bridgehead atoms. The van der Waals surface area contributed by atoms with Crippen LogP contribution in [0.25, 0.3) is 0 Å². The molecule has 0 heterocycles. The van der Waals surface area contributed by atoms with Crippen molar-refractivity contribution < 1.29 is 18.3 Å². The molecule has 0 saturated heterocycles. The number of rotatable bonds is 1. The lowest BCUT2D eigenvalue weighted by Gasteiger charge is -1.93. The molecule has 0 fully saturated rings. The van der Waals surface area contributed by atoms with Crippen molar-refractivity contribution in [2.75, 3.05) is 0 Å². The fourth-order valence-electron chi connectivity index (χ4n) is 0.0878. The molecule has 0 radical (unpaired) electrons. The van der Waals surface area contributed by atoms with E-state index < -0.39 is 12.7 Å². The fraction of sp³-hybridized carbons (Fsp3) is 0.500. The third-order valence-corrected chi connectivity index (χ3v) is 0.205. The van der Waals surface area contributed by atoms with Gasteiger partial charge < -0.3 is 10.5 Å². The summed E-state index contributed by atoms with van der Waals surface area (Å²) >= 11 is 0. The number of primary amides is 1. The lowest BCUT2D eigenvalue weighted by Crippen LogP contribution is -2.15. The number of hydrogen-bond acceptors (Lipinski definition) is 2. The quantitative estimate of drug-likeness (QED) is 0.529. The Balaban J connectivity index is 3.13. The van der Waals surface area contributed by atoms with Gasteiger partial charge in [-0.25, -0.2) is 4.79 Å². The lowest BCUT2D eigenvalue weighted by atomic mass is 11.2. The van der Waals surface area contributed by atoms with Crippen LogP contribution >= 0.6 is 0 Å². The van der Waals surface area contributed by atoms with Gasteiger partial charge in [0.25, 0.3) is 0 Å². The van der Waals surface area contributed by atoms with Crippen molar-refractivity contribution in [3.8, 4) is 0 Å². The maximum Gasteiger partial charge on any atom is 0.408 e. The Kier molecular flexibility index (Phi) is 2.04. The highest BCUT2D eigenvalue weighted by Gasteiger charge is 2.03. The van der Waals surface area contributed by atoms with Gasteiger partial charge in [-0.05, 0) is 0 Å². The molecule has 0 aromatic heterocycles. The van der Waals surface area contributed by atoms with E-state index in [9.17, 15) is 13.6 Å². The summed E-state index contributed by atoms with van der Waals surface area (Å²) in [7, 11) is 0. The number of amides is 1. The number of halogens is 2. The highest BCUT2D eigenvalue weighted by Crippen LogP contribution is 1.91. The number of alkyl halides is 2. The van der Waals surface area contributed by atoms with Crippen LogP contribution in [0.2, 0.25) is 0 Å². The van der Waals surface area contributed by atoms with Crippen LogP contribution in [0.4, 0.5) is 13.6 Å². The van der Waals surface area contributed by atoms with Crippen molar-refractivity contribution >= 4 is 6.09 Å². The number of carbonyl (C=O) groups excluding carboxylic acids is 1. The first-order valence-corrected chi connectivity index (χ1v) is 1.37. The summed E-state index contributed by atoms with van der Waals surface area (Å²) in [6.07, 6.45) is -1.46. The molecule has 0 aliphatic heterocycles. The van der Waals surface area contributed by atoms with Gasteiger partial charge in [0.2, 0.25) is 0 Å². The number of carbonyl (C=O) groups is 1. The van der Waals surface area contributed by atoms with Crippen LogP contribution in [0.3, 0.4) is 0 Å². The molecular formula is C2H3F2NO2. The minimum absolute atomic E-state index is 1.46. The third kappa shape index (κ3) is 5.13. The van der Waals surface area contributed by atoms with Gasteiger partial charge in [-0.2, -0.15) is 8.78 Å². The first kappa shape index (κ1) is 6.13. The van der Waals surface area contributed by atoms with Crippen LogP contribution in [-0.4, -0.2) is 12.7 Å². The Labute approximate surface area is 38.1 Å². The van der Waals surface area contributed by atoms with E-state index >= 15 is 0 Å². The first-order valence-electron chi connectivity index (χ1n) is 1.37. The van der Waals surface area contributed by atoms with Crippen molar-refractivity contribution in [2.24, 2.45) is 5.73 Å². The Morgan fingerprint density at radius 2 is 2.14 bits per heavy atom. The molecule has 2 N–H and O–H groups in total. The zero-order valence-corrected chi connectivity index (χ0v) is 3.23. The molecule has 0 atom stereocenters.